The van der Waals surface area contributed by atoms with Crippen LogP contribution in [0.25, 0.3) is 0 Å². The van der Waals surface area contributed by atoms with E-state index < -0.39 is 5.97 Å². The lowest BCUT2D eigenvalue weighted by Gasteiger charge is -2.44. The van der Waals surface area contributed by atoms with Crippen molar-refractivity contribution in [2.75, 3.05) is 25.4 Å². The second-order valence-corrected chi connectivity index (χ2v) is 7.65. The number of nitrogens with two attached hydrogens (primary N) is 1. The second kappa shape index (κ2) is 9.13. The van der Waals surface area contributed by atoms with Crippen molar-refractivity contribution in [3.8, 4) is 5.75 Å². The van der Waals surface area contributed by atoms with Crippen molar-refractivity contribution in [1.29, 1.82) is 0 Å². The van der Waals surface area contributed by atoms with E-state index in [1.165, 1.54) is 30.3 Å². The molecule has 2 aromatic rings. The summed E-state index contributed by atoms with van der Waals surface area (Å²) in [6.45, 7) is 5.70. The number of aromatic carboxylic acids is 1. The fourth-order valence-electron chi connectivity index (χ4n) is 3.61. The molecule has 0 bridgehead atoms. The Balaban J connectivity index is 1.59. The van der Waals surface area contributed by atoms with E-state index in [4.69, 9.17) is 15.6 Å². The van der Waals surface area contributed by atoms with Crippen LogP contribution < -0.4 is 10.5 Å². The molecular formula is C22H26FN3O4. The number of hydrogen-bond donors (Lipinski definition) is 2. The Kier molecular flexibility index (Phi) is 6.56. The van der Waals surface area contributed by atoms with Gasteiger partial charge in [-0.25, -0.2) is 9.18 Å². The van der Waals surface area contributed by atoms with Crippen molar-refractivity contribution >= 4 is 17.6 Å². The molecule has 0 aliphatic carbocycles. The number of nitrogens with zero attached hydrogens (tertiary/aromatic N) is 2. The molecule has 0 spiro atoms. The molecule has 2 aromatic carbocycles. The number of nitrogen functional groups attached to an aromatic ring is 1. The number of anilines is 1. The highest BCUT2D eigenvalue weighted by atomic mass is 19.1. The number of hydrogen-bond acceptors (Lipinski definition) is 5. The minimum atomic E-state index is -1.09. The van der Waals surface area contributed by atoms with Gasteiger partial charge in [-0.3, -0.25) is 9.69 Å². The Bertz CT molecular complexity index is 919. The summed E-state index contributed by atoms with van der Waals surface area (Å²) in [4.78, 5) is 27.9. The Morgan fingerprint density at radius 2 is 1.83 bits per heavy atom. The van der Waals surface area contributed by atoms with E-state index in [-0.39, 0.29) is 47.4 Å². The molecule has 0 radical (unpaired) electrons. The van der Waals surface area contributed by atoms with Gasteiger partial charge in [-0.15, -0.1) is 0 Å². The van der Waals surface area contributed by atoms with Crippen LogP contribution in [0.1, 0.15) is 29.8 Å². The number of carboxylic acids is 1. The molecule has 30 heavy (non-hydrogen) atoms. The molecule has 0 unspecified atom stereocenters. The molecule has 7 nitrogen and oxygen atoms in total. The van der Waals surface area contributed by atoms with Crippen LogP contribution in [0.3, 0.4) is 0 Å². The van der Waals surface area contributed by atoms with Crippen LogP contribution in [-0.4, -0.2) is 58.6 Å². The zero-order valence-electron chi connectivity index (χ0n) is 17.0. The molecule has 1 aliphatic rings. The fraction of sp³-hybridized carbons (Fsp3) is 0.364. The molecule has 3 N–H and O–H groups in total. The maximum Gasteiger partial charge on any atom is 0.335 e. The molecule has 2 atom stereocenters. The molecule has 1 heterocycles. The van der Waals surface area contributed by atoms with Crippen LogP contribution in [0.4, 0.5) is 10.1 Å². The van der Waals surface area contributed by atoms with Gasteiger partial charge in [0.05, 0.1) is 11.3 Å². The normalized spacial score (nSPS) is 19.5. The third-order valence-corrected chi connectivity index (χ3v) is 5.35. The van der Waals surface area contributed by atoms with Crippen molar-refractivity contribution in [3.05, 3.63) is 59.4 Å². The molecule has 1 aliphatic heterocycles. The van der Waals surface area contributed by atoms with E-state index in [2.05, 4.69) is 4.90 Å². The maximum atomic E-state index is 13.1. The Hall–Kier alpha value is -3.13. The van der Waals surface area contributed by atoms with Gasteiger partial charge in [-0.2, -0.15) is 0 Å². The van der Waals surface area contributed by atoms with Gasteiger partial charge in [-0.05, 0) is 49.7 Å². The summed E-state index contributed by atoms with van der Waals surface area (Å²) in [5.74, 6) is -1.36. The molecule has 8 heteroatoms. The van der Waals surface area contributed by atoms with Gasteiger partial charge in [0.15, 0.2) is 6.61 Å². The summed E-state index contributed by atoms with van der Waals surface area (Å²) in [5, 5.41) is 9.09. The predicted molar refractivity (Wildman–Crippen MR) is 111 cm³/mol. The van der Waals surface area contributed by atoms with Crippen LogP contribution in [0.2, 0.25) is 0 Å². The van der Waals surface area contributed by atoms with Crippen molar-refractivity contribution in [3.63, 3.8) is 0 Å². The quantitative estimate of drug-likeness (QED) is 0.704. The standard InChI is InChI=1S/C22H26FN3O4/c1-14-11-26(15(2)10-25(14)12-16-3-6-18(23)7-4-16)21(27)13-30-20-9-17(22(28)29)5-8-19(20)24/h3-9,14-15H,10-13,24H2,1-2H3,(H,28,29)/t14-,15+/m0/s1. The number of carboxylic acid groups (broad SMARTS) is 1. The van der Waals surface area contributed by atoms with Crippen molar-refractivity contribution in [1.82, 2.24) is 9.80 Å². The summed E-state index contributed by atoms with van der Waals surface area (Å²) >= 11 is 0. The second-order valence-electron chi connectivity index (χ2n) is 7.65. The van der Waals surface area contributed by atoms with Gasteiger partial charge >= 0.3 is 5.97 Å². The van der Waals surface area contributed by atoms with Gasteiger partial charge in [0.25, 0.3) is 5.91 Å². The number of carbonyl (C=O) groups excluding carboxylic acids is 1. The topological polar surface area (TPSA) is 96.1 Å². The first-order chi connectivity index (χ1) is 14.2. The predicted octanol–water partition coefficient (Wildman–Crippen LogP) is 2.61. The highest BCUT2D eigenvalue weighted by Gasteiger charge is 2.32. The minimum Gasteiger partial charge on any atom is -0.482 e. The lowest BCUT2D eigenvalue weighted by Crippen LogP contribution is -2.58. The summed E-state index contributed by atoms with van der Waals surface area (Å²) in [6.07, 6.45) is 0. The number of halogens is 1. The first kappa shape index (κ1) is 21.6. The molecule has 1 fully saturated rings. The van der Waals surface area contributed by atoms with Crippen LogP contribution in [0.5, 0.6) is 5.75 Å². The van der Waals surface area contributed by atoms with Crippen molar-refractivity contribution < 1.29 is 23.8 Å². The highest BCUT2D eigenvalue weighted by Crippen LogP contribution is 2.24. The first-order valence-electron chi connectivity index (χ1n) is 9.78. The van der Waals surface area contributed by atoms with Crippen LogP contribution in [0.15, 0.2) is 42.5 Å². The van der Waals surface area contributed by atoms with E-state index in [1.54, 1.807) is 17.0 Å². The van der Waals surface area contributed by atoms with E-state index in [1.807, 2.05) is 13.8 Å². The summed E-state index contributed by atoms with van der Waals surface area (Å²) < 4.78 is 18.7. The molecule has 1 saturated heterocycles. The molecule has 1 amide bonds. The van der Waals surface area contributed by atoms with E-state index >= 15 is 0 Å². The highest BCUT2D eigenvalue weighted by molar-refractivity contribution is 5.89. The molecule has 160 valence electrons. The minimum absolute atomic E-state index is 0.0274. The number of benzene rings is 2. The lowest BCUT2D eigenvalue weighted by molar-refractivity contribution is -0.139. The van der Waals surface area contributed by atoms with Gasteiger partial charge in [-0.1, -0.05) is 12.1 Å². The van der Waals surface area contributed by atoms with Gasteiger partial charge < -0.3 is 20.5 Å². The number of ether oxygens (including phenoxy) is 1. The smallest absolute Gasteiger partial charge is 0.335 e. The zero-order chi connectivity index (χ0) is 21.8. The molecule has 0 aromatic heterocycles. The number of rotatable bonds is 6. The van der Waals surface area contributed by atoms with E-state index in [0.29, 0.717) is 19.6 Å². The van der Waals surface area contributed by atoms with Gasteiger partial charge in [0, 0.05) is 31.7 Å². The van der Waals surface area contributed by atoms with Crippen LogP contribution in [0, 0.1) is 5.82 Å². The van der Waals surface area contributed by atoms with Crippen molar-refractivity contribution in [2.24, 2.45) is 0 Å². The van der Waals surface area contributed by atoms with Gasteiger partial charge in [0.1, 0.15) is 11.6 Å². The Morgan fingerprint density at radius 1 is 1.13 bits per heavy atom. The third kappa shape index (κ3) is 5.07. The zero-order valence-corrected chi connectivity index (χ0v) is 17.0. The molecule has 0 saturated carbocycles. The first-order valence-corrected chi connectivity index (χ1v) is 9.78. The SMILES string of the molecule is C[C@@H]1CN(Cc2ccc(F)cc2)[C@@H](C)CN1C(=O)COc1cc(C(=O)O)ccc1N. The molecular weight excluding hydrogens is 389 g/mol. The Labute approximate surface area is 174 Å². The summed E-state index contributed by atoms with van der Waals surface area (Å²) in [7, 11) is 0. The number of carbonyl (C=O) groups is 2. The molecule has 3 rings (SSSR count). The van der Waals surface area contributed by atoms with Crippen LogP contribution in [-0.2, 0) is 11.3 Å². The monoisotopic (exact) mass is 415 g/mol. The summed E-state index contributed by atoms with van der Waals surface area (Å²) in [5.41, 5.74) is 7.17. The van der Waals surface area contributed by atoms with E-state index in [9.17, 15) is 14.0 Å². The Morgan fingerprint density at radius 3 is 2.50 bits per heavy atom. The maximum absolute atomic E-state index is 13.1. The number of piperazine rings is 1. The van der Waals surface area contributed by atoms with Gasteiger partial charge in [0.2, 0.25) is 0 Å². The van der Waals surface area contributed by atoms with Crippen molar-refractivity contribution in [2.45, 2.75) is 32.5 Å². The fourth-order valence-corrected chi connectivity index (χ4v) is 3.61. The average molecular weight is 415 g/mol. The largest absolute Gasteiger partial charge is 0.482 e. The third-order valence-electron chi connectivity index (χ3n) is 5.35. The van der Waals surface area contributed by atoms with E-state index in [0.717, 1.165) is 5.56 Å². The summed E-state index contributed by atoms with van der Waals surface area (Å²) in [6, 6.07) is 10.7. The lowest BCUT2D eigenvalue weighted by atomic mass is 10.1. The number of amides is 1. The van der Waals surface area contributed by atoms with Crippen LogP contribution >= 0.6 is 0 Å². The average Bonchev–Trinajstić information content (AvgIpc) is 2.71.